The van der Waals surface area contributed by atoms with Crippen LogP contribution in [0, 0.1) is 6.92 Å². The van der Waals surface area contributed by atoms with Gasteiger partial charge >= 0.3 is 0 Å². The van der Waals surface area contributed by atoms with Crippen molar-refractivity contribution < 1.29 is 0 Å². The van der Waals surface area contributed by atoms with Crippen LogP contribution in [0.15, 0.2) is 45.3 Å². The van der Waals surface area contributed by atoms with Crippen molar-refractivity contribution in [1.29, 1.82) is 0 Å². The fourth-order valence-electron chi connectivity index (χ4n) is 1.97. The number of hydrogen-bond acceptors (Lipinski definition) is 1. The molecule has 4 heteroatoms. The molecular weight excluding hydrogens is 389 g/mol. The lowest BCUT2D eigenvalue weighted by molar-refractivity contribution is 0.717. The third-order valence-corrected chi connectivity index (χ3v) is 4.80. The average Bonchev–Trinajstić information content (AvgIpc) is 2.33. The second-order valence-corrected chi connectivity index (χ2v) is 6.71. The Hall–Kier alpha value is -0.350. The van der Waals surface area contributed by atoms with E-state index in [1.165, 1.54) is 5.56 Å². The van der Waals surface area contributed by atoms with Crippen LogP contribution in [-0.4, -0.2) is 0 Å². The molecule has 2 aromatic carbocycles. The molecule has 0 fully saturated rings. The molecule has 0 bridgehead atoms. The number of rotatable bonds is 3. The van der Waals surface area contributed by atoms with Crippen LogP contribution in [0.2, 0.25) is 5.02 Å². The second-order valence-electron chi connectivity index (χ2n) is 4.56. The largest absolute Gasteiger partial charge is 0.324 e. The van der Waals surface area contributed by atoms with E-state index < -0.39 is 0 Å². The van der Waals surface area contributed by atoms with Gasteiger partial charge in [-0.3, -0.25) is 0 Å². The summed E-state index contributed by atoms with van der Waals surface area (Å²) >= 11 is 13.1. The van der Waals surface area contributed by atoms with Gasteiger partial charge < -0.3 is 5.73 Å². The van der Waals surface area contributed by atoms with Crippen LogP contribution >= 0.6 is 43.5 Å². The van der Waals surface area contributed by atoms with Crippen LogP contribution in [0.1, 0.15) is 22.7 Å². The quantitative estimate of drug-likeness (QED) is 0.728. The first-order valence-electron chi connectivity index (χ1n) is 5.93. The summed E-state index contributed by atoms with van der Waals surface area (Å²) in [7, 11) is 0. The van der Waals surface area contributed by atoms with Crippen molar-refractivity contribution in [2.75, 3.05) is 0 Å². The molecule has 2 rings (SSSR count). The van der Waals surface area contributed by atoms with E-state index in [0.717, 1.165) is 31.5 Å². The molecule has 0 aromatic heterocycles. The lowest BCUT2D eigenvalue weighted by Crippen LogP contribution is -2.14. The lowest BCUT2D eigenvalue weighted by atomic mass is 9.99. The highest BCUT2D eigenvalue weighted by Gasteiger charge is 2.13. The van der Waals surface area contributed by atoms with Gasteiger partial charge in [0, 0.05) is 20.0 Å². The zero-order valence-corrected chi connectivity index (χ0v) is 14.4. The molecule has 0 saturated heterocycles. The maximum Gasteiger partial charge on any atom is 0.0408 e. The van der Waals surface area contributed by atoms with Gasteiger partial charge in [0.05, 0.1) is 0 Å². The summed E-state index contributed by atoms with van der Waals surface area (Å²) in [6, 6.07) is 11.9. The normalized spacial score (nSPS) is 12.5. The summed E-state index contributed by atoms with van der Waals surface area (Å²) in [5.74, 6) is 0. The van der Waals surface area contributed by atoms with E-state index in [2.05, 4.69) is 50.9 Å². The molecule has 0 aliphatic carbocycles. The third kappa shape index (κ3) is 3.82. The van der Waals surface area contributed by atoms with E-state index in [0.29, 0.717) is 0 Å². The molecule has 0 aliphatic heterocycles. The molecular formula is C15H14Br2ClN. The second kappa shape index (κ2) is 6.40. The molecule has 0 heterocycles. The van der Waals surface area contributed by atoms with Gasteiger partial charge in [-0.25, -0.2) is 0 Å². The molecule has 0 radical (unpaired) electrons. The van der Waals surface area contributed by atoms with Crippen molar-refractivity contribution in [2.45, 2.75) is 19.4 Å². The summed E-state index contributed by atoms with van der Waals surface area (Å²) in [5.41, 5.74) is 9.73. The molecule has 0 saturated carbocycles. The zero-order valence-electron chi connectivity index (χ0n) is 10.5. The van der Waals surface area contributed by atoms with Gasteiger partial charge in [-0.2, -0.15) is 0 Å². The maximum absolute atomic E-state index is 6.30. The molecule has 100 valence electrons. The van der Waals surface area contributed by atoms with Crippen molar-refractivity contribution in [3.63, 3.8) is 0 Å². The Morgan fingerprint density at radius 1 is 1.16 bits per heavy atom. The van der Waals surface area contributed by atoms with Crippen LogP contribution in [-0.2, 0) is 6.42 Å². The summed E-state index contributed by atoms with van der Waals surface area (Å²) in [6.07, 6.45) is 0.759. The van der Waals surface area contributed by atoms with Crippen LogP contribution in [0.3, 0.4) is 0 Å². The highest BCUT2D eigenvalue weighted by Crippen LogP contribution is 2.30. The van der Waals surface area contributed by atoms with E-state index in [4.69, 9.17) is 17.3 Å². The zero-order chi connectivity index (χ0) is 14.0. The highest BCUT2D eigenvalue weighted by atomic mass is 79.9. The highest BCUT2D eigenvalue weighted by molar-refractivity contribution is 9.11. The Balaban J connectivity index is 2.25. The van der Waals surface area contributed by atoms with E-state index in [1.807, 2.05) is 24.3 Å². The summed E-state index contributed by atoms with van der Waals surface area (Å²) in [4.78, 5) is 0. The van der Waals surface area contributed by atoms with Gasteiger partial charge in [-0.15, -0.1) is 0 Å². The first-order chi connectivity index (χ1) is 8.97. The first kappa shape index (κ1) is 15.0. The monoisotopic (exact) mass is 401 g/mol. The Labute approximate surface area is 135 Å². The van der Waals surface area contributed by atoms with Crippen LogP contribution in [0.4, 0.5) is 0 Å². The Bertz CT molecular complexity index is 599. The van der Waals surface area contributed by atoms with E-state index >= 15 is 0 Å². The van der Waals surface area contributed by atoms with Gasteiger partial charge in [0.15, 0.2) is 0 Å². The molecule has 1 atom stereocenters. The molecule has 0 aliphatic rings. The van der Waals surface area contributed by atoms with Crippen molar-refractivity contribution in [2.24, 2.45) is 5.73 Å². The fourth-order valence-corrected chi connectivity index (χ4v) is 3.30. The van der Waals surface area contributed by atoms with Crippen molar-refractivity contribution in [1.82, 2.24) is 0 Å². The fraction of sp³-hybridized carbons (Fsp3) is 0.200. The molecule has 2 N–H and O–H groups in total. The summed E-state index contributed by atoms with van der Waals surface area (Å²) in [5, 5.41) is 0.744. The van der Waals surface area contributed by atoms with E-state index in [1.54, 1.807) is 0 Å². The van der Waals surface area contributed by atoms with E-state index in [9.17, 15) is 0 Å². The standard InChI is InChI=1S/C15H14Br2ClN/c1-9-5-14(17)12(8-13(9)16)15(19)7-10-3-2-4-11(18)6-10/h2-6,8,15H,7,19H2,1H3. The average molecular weight is 404 g/mol. The lowest BCUT2D eigenvalue weighted by Gasteiger charge is -2.16. The SMILES string of the molecule is Cc1cc(Br)c(C(N)Cc2cccc(Cl)c2)cc1Br. The van der Waals surface area contributed by atoms with Gasteiger partial charge in [-0.1, -0.05) is 55.6 Å². The maximum atomic E-state index is 6.30. The Morgan fingerprint density at radius 3 is 2.58 bits per heavy atom. The van der Waals surface area contributed by atoms with Gasteiger partial charge in [-0.05, 0) is 54.3 Å². The summed E-state index contributed by atoms with van der Waals surface area (Å²) < 4.78 is 2.12. The minimum absolute atomic E-state index is 0.0651. The molecule has 0 amide bonds. The van der Waals surface area contributed by atoms with Gasteiger partial charge in [0.2, 0.25) is 0 Å². The number of hydrogen-bond donors (Lipinski definition) is 1. The first-order valence-corrected chi connectivity index (χ1v) is 7.89. The minimum Gasteiger partial charge on any atom is -0.324 e. The van der Waals surface area contributed by atoms with E-state index in [-0.39, 0.29) is 6.04 Å². The molecule has 0 spiro atoms. The molecule has 2 aromatic rings. The van der Waals surface area contributed by atoms with Crippen LogP contribution in [0.5, 0.6) is 0 Å². The van der Waals surface area contributed by atoms with Gasteiger partial charge in [0.25, 0.3) is 0 Å². The number of halogens is 3. The molecule has 19 heavy (non-hydrogen) atoms. The van der Waals surface area contributed by atoms with Crippen LogP contribution in [0.25, 0.3) is 0 Å². The predicted octanol–water partition coefficient (Wildman–Crippen LogP) is 5.42. The Kier molecular flexibility index (Phi) is 5.07. The van der Waals surface area contributed by atoms with Crippen molar-refractivity contribution in [3.05, 3.63) is 67.1 Å². The molecule has 1 nitrogen and oxygen atoms in total. The van der Waals surface area contributed by atoms with Gasteiger partial charge in [0.1, 0.15) is 0 Å². The smallest absolute Gasteiger partial charge is 0.0408 e. The number of aryl methyl sites for hydroxylation is 1. The number of benzene rings is 2. The Morgan fingerprint density at radius 2 is 1.89 bits per heavy atom. The van der Waals surface area contributed by atoms with Crippen molar-refractivity contribution >= 4 is 43.5 Å². The minimum atomic E-state index is -0.0651. The molecule has 1 unspecified atom stereocenters. The number of nitrogens with two attached hydrogens (primary N) is 1. The predicted molar refractivity (Wildman–Crippen MR) is 88.7 cm³/mol. The summed E-state index contributed by atoms with van der Waals surface area (Å²) in [6.45, 7) is 2.06. The topological polar surface area (TPSA) is 26.0 Å². The van der Waals surface area contributed by atoms with Crippen LogP contribution < -0.4 is 5.73 Å². The third-order valence-electron chi connectivity index (χ3n) is 3.02. The van der Waals surface area contributed by atoms with Crippen molar-refractivity contribution in [3.8, 4) is 0 Å².